The normalized spacial score (nSPS) is 12.5. The summed E-state index contributed by atoms with van der Waals surface area (Å²) in [5, 5.41) is 3.26. The summed E-state index contributed by atoms with van der Waals surface area (Å²) in [4.78, 5) is 40.4. The average molecular weight is 380 g/mol. The second-order valence-corrected chi connectivity index (χ2v) is 6.91. The number of ether oxygens (including phenoxy) is 1. The summed E-state index contributed by atoms with van der Waals surface area (Å²) in [6, 6.07) is 2.90. The number of anilines is 1. The number of halogens is 1. The van der Waals surface area contributed by atoms with Crippen molar-refractivity contribution in [3.05, 3.63) is 45.1 Å². The van der Waals surface area contributed by atoms with Crippen LogP contribution in [0.1, 0.15) is 37.6 Å². The van der Waals surface area contributed by atoms with Gasteiger partial charge in [0, 0.05) is 11.1 Å². The van der Waals surface area contributed by atoms with E-state index >= 15 is 0 Å². The third kappa shape index (κ3) is 3.80. The van der Waals surface area contributed by atoms with Crippen molar-refractivity contribution in [3.63, 3.8) is 0 Å². The molecule has 2 aromatic heterocycles. The van der Waals surface area contributed by atoms with Gasteiger partial charge in [-0.25, -0.2) is 9.78 Å². The van der Waals surface area contributed by atoms with Gasteiger partial charge in [0.05, 0.1) is 11.1 Å². The van der Waals surface area contributed by atoms with Crippen LogP contribution in [0.25, 0.3) is 0 Å². The monoisotopic (exact) mass is 379 g/mol. The van der Waals surface area contributed by atoms with E-state index < -0.39 is 24.4 Å². The topological polar surface area (TPSA) is 111 Å². The van der Waals surface area contributed by atoms with Gasteiger partial charge in [-0.3, -0.25) is 9.59 Å². The van der Waals surface area contributed by atoms with Gasteiger partial charge < -0.3 is 15.8 Å². The van der Waals surface area contributed by atoms with Crippen LogP contribution in [0.4, 0.5) is 5.00 Å². The molecule has 9 heteroatoms. The molecule has 2 amide bonds. The van der Waals surface area contributed by atoms with E-state index in [-0.39, 0.29) is 10.7 Å². The molecular formula is C16H14ClN3O4S. The molecule has 3 rings (SSSR count). The fourth-order valence-corrected chi connectivity index (χ4v) is 4.05. The number of hydrogen-bond acceptors (Lipinski definition) is 6. The number of primary amides is 1. The highest BCUT2D eigenvalue weighted by molar-refractivity contribution is 7.17. The van der Waals surface area contributed by atoms with Crippen molar-refractivity contribution in [2.75, 3.05) is 11.9 Å². The van der Waals surface area contributed by atoms with E-state index in [0.29, 0.717) is 10.6 Å². The third-order valence-electron chi connectivity index (χ3n) is 3.72. The Morgan fingerprint density at radius 1 is 1.32 bits per heavy atom. The highest BCUT2D eigenvalue weighted by atomic mass is 35.5. The van der Waals surface area contributed by atoms with Gasteiger partial charge in [0.25, 0.3) is 11.8 Å². The maximum absolute atomic E-state index is 12.0. The lowest BCUT2D eigenvalue weighted by atomic mass is 10.1. The number of amides is 2. The van der Waals surface area contributed by atoms with Gasteiger partial charge in [-0.05, 0) is 37.0 Å². The van der Waals surface area contributed by atoms with E-state index in [4.69, 9.17) is 22.1 Å². The number of pyridine rings is 1. The molecule has 0 saturated carbocycles. The number of nitrogens with zero attached hydrogens (tertiary/aromatic N) is 1. The Bertz CT molecular complexity index is 848. The molecule has 0 radical (unpaired) electrons. The second kappa shape index (κ2) is 7.20. The molecule has 0 unspecified atom stereocenters. The molecule has 25 heavy (non-hydrogen) atoms. The lowest BCUT2D eigenvalue weighted by Gasteiger charge is -2.07. The standard InChI is InChI=1S/C16H14ClN3O4S/c17-11-5-4-8(6-19-11)16(23)24-7-12(21)20-15-13(14(18)22)9-2-1-3-10(9)25-15/h4-6H,1-3,7H2,(H2,18,22)(H,20,21). The maximum atomic E-state index is 12.0. The summed E-state index contributed by atoms with van der Waals surface area (Å²) in [5.41, 5.74) is 6.89. The van der Waals surface area contributed by atoms with E-state index in [1.54, 1.807) is 0 Å². The first-order valence-corrected chi connectivity index (χ1v) is 8.68. The number of hydrogen-bond donors (Lipinski definition) is 2. The summed E-state index contributed by atoms with van der Waals surface area (Å²) < 4.78 is 4.93. The number of thiophene rings is 1. The van der Waals surface area contributed by atoms with Crippen LogP contribution in [0, 0.1) is 0 Å². The molecule has 130 valence electrons. The number of aromatic nitrogens is 1. The van der Waals surface area contributed by atoms with Crippen LogP contribution in [0.2, 0.25) is 5.15 Å². The Balaban J connectivity index is 1.63. The van der Waals surface area contributed by atoms with E-state index in [0.717, 1.165) is 29.7 Å². The first-order chi connectivity index (χ1) is 12.0. The first kappa shape index (κ1) is 17.4. The Morgan fingerprint density at radius 2 is 2.12 bits per heavy atom. The van der Waals surface area contributed by atoms with Crippen molar-refractivity contribution < 1.29 is 19.1 Å². The van der Waals surface area contributed by atoms with Crippen LogP contribution >= 0.6 is 22.9 Å². The van der Waals surface area contributed by atoms with Crippen LogP contribution in [-0.2, 0) is 22.4 Å². The van der Waals surface area contributed by atoms with Crippen LogP contribution in [-0.4, -0.2) is 29.4 Å². The van der Waals surface area contributed by atoms with Crippen molar-refractivity contribution in [1.82, 2.24) is 4.98 Å². The van der Waals surface area contributed by atoms with Crippen molar-refractivity contribution in [2.24, 2.45) is 5.73 Å². The molecule has 0 atom stereocenters. The predicted molar refractivity (Wildman–Crippen MR) is 93.0 cm³/mol. The second-order valence-electron chi connectivity index (χ2n) is 5.42. The molecule has 0 spiro atoms. The SMILES string of the molecule is NC(=O)c1c(NC(=O)COC(=O)c2ccc(Cl)nc2)sc2c1CCC2. The molecule has 0 aliphatic heterocycles. The summed E-state index contributed by atoms with van der Waals surface area (Å²) in [6.45, 7) is -0.484. The number of carbonyl (C=O) groups excluding carboxylic acids is 3. The molecule has 7 nitrogen and oxygen atoms in total. The molecule has 0 saturated heterocycles. The number of carbonyl (C=O) groups is 3. The van der Waals surface area contributed by atoms with Gasteiger partial charge in [-0.15, -0.1) is 11.3 Å². The fourth-order valence-electron chi connectivity index (χ4n) is 2.63. The molecule has 0 bridgehead atoms. The summed E-state index contributed by atoms with van der Waals surface area (Å²) in [7, 11) is 0. The largest absolute Gasteiger partial charge is 0.452 e. The van der Waals surface area contributed by atoms with E-state index in [9.17, 15) is 14.4 Å². The van der Waals surface area contributed by atoms with Gasteiger partial charge in [0.15, 0.2) is 6.61 Å². The Morgan fingerprint density at radius 3 is 2.80 bits per heavy atom. The Labute approximate surface area is 152 Å². The van der Waals surface area contributed by atoms with Crippen molar-refractivity contribution in [2.45, 2.75) is 19.3 Å². The van der Waals surface area contributed by atoms with Gasteiger partial charge in [0.1, 0.15) is 10.2 Å². The molecular weight excluding hydrogens is 366 g/mol. The number of nitrogens with one attached hydrogen (secondary N) is 1. The maximum Gasteiger partial charge on any atom is 0.340 e. The third-order valence-corrected chi connectivity index (χ3v) is 5.15. The van der Waals surface area contributed by atoms with E-state index in [1.165, 1.54) is 29.7 Å². The van der Waals surface area contributed by atoms with Crippen LogP contribution in [0.5, 0.6) is 0 Å². The van der Waals surface area contributed by atoms with Gasteiger partial charge in [0.2, 0.25) is 0 Å². The average Bonchev–Trinajstić information content (AvgIpc) is 3.13. The van der Waals surface area contributed by atoms with E-state index in [2.05, 4.69) is 10.3 Å². The molecule has 0 fully saturated rings. The summed E-state index contributed by atoms with van der Waals surface area (Å²) in [5.74, 6) is -1.81. The fraction of sp³-hybridized carbons (Fsp3) is 0.250. The minimum Gasteiger partial charge on any atom is -0.452 e. The number of aryl methyl sites for hydroxylation is 1. The minimum absolute atomic E-state index is 0.185. The Kier molecular flexibility index (Phi) is 5.00. The lowest BCUT2D eigenvalue weighted by Crippen LogP contribution is -2.22. The molecule has 3 N–H and O–H groups in total. The highest BCUT2D eigenvalue weighted by Crippen LogP contribution is 2.38. The zero-order valence-electron chi connectivity index (χ0n) is 13.0. The number of nitrogens with two attached hydrogens (primary N) is 1. The molecule has 0 aromatic carbocycles. The number of rotatable bonds is 5. The molecule has 2 aromatic rings. The molecule has 1 aliphatic carbocycles. The quantitative estimate of drug-likeness (QED) is 0.611. The Hall–Kier alpha value is -2.45. The van der Waals surface area contributed by atoms with Gasteiger partial charge in [-0.2, -0.15) is 0 Å². The van der Waals surface area contributed by atoms with Crippen LogP contribution in [0.15, 0.2) is 18.3 Å². The van der Waals surface area contributed by atoms with Crippen LogP contribution < -0.4 is 11.1 Å². The summed E-state index contributed by atoms with van der Waals surface area (Å²) in [6.07, 6.45) is 3.88. The summed E-state index contributed by atoms with van der Waals surface area (Å²) >= 11 is 6.98. The number of esters is 1. The van der Waals surface area contributed by atoms with E-state index in [1.807, 2.05) is 0 Å². The van der Waals surface area contributed by atoms with Crippen molar-refractivity contribution in [3.8, 4) is 0 Å². The first-order valence-electron chi connectivity index (χ1n) is 7.48. The van der Waals surface area contributed by atoms with Gasteiger partial charge >= 0.3 is 5.97 Å². The van der Waals surface area contributed by atoms with Crippen molar-refractivity contribution in [1.29, 1.82) is 0 Å². The molecule has 1 aliphatic rings. The zero-order chi connectivity index (χ0) is 18.0. The van der Waals surface area contributed by atoms with Crippen molar-refractivity contribution >= 4 is 45.7 Å². The number of fused-ring (bicyclic) bond motifs is 1. The molecule has 2 heterocycles. The lowest BCUT2D eigenvalue weighted by molar-refractivity contribution is -0.119. The minimum atomic E-state index is -0.692. The zero-order valence-corrected chi connectivity index (χ0v) is 14.6. The predicted octanol–water partition coefficient (Wildman–Crippen LogP) is 2.18. The van der Waals surface area contributed by atoms with Gasteiger partial charge in [-0.1, -0.05) is 11.6 Å². The smallest absolute Gasteiger partial charge is 0.340 e. The van der Waals surface area contributed by atoms with Crippen LogP contribution in [0.3, 0.4) is 0 Å². The highest BCUT2D eigenvalue weighted by Gasteiger charge is 2.26.